The van der Waals surface area contributed by atoms with Gasteiger partial charge in [-0.05, 0) is 54.2 Å². The van der Waals surface area contributed by atoms with E-state index >= 15 is 0 Å². The molecule has 0 unspecified atom stereocenters. The predicted octanol–water partition coefficient (Wildman–Crippen LogP) is 7.22. The van der Waals surface area contributed by atoms with E-state index in [9.17, 15) is 4.79 Å². The van der Waals surface area contributed by atoms with Gasteiger partial charge in [0.15, 0.2) is 6.20 Å². The maximum Gasteiger partial charge on any atom is 0.254 e. The van der Waals surface area contributed by atoms with Crippen molar-refractivity contribution in [1.82, 2.24) is 4.90 Å². The summed E-state index contributed by atoms with van der Waals surface area (Å²) in [5, 5.41) is 0. The second-order valence-electron chi connectivity index (χ2n) is 13.3. The summed E-state index contributed by atoms with van der Waals surface area (Å²) in [5.41, 5.74) is 4.09. The number of aromatic nitrogens is 1. The smallest absolute Gasteiger partial charge is 0.254 e. The van der Waals surface area contributed by atoms with Crippen LogP contribution in [0.1, 0.15) is 139 Å². The van der Waals surface area contributed by atoms with Crippen LogP contribution in [0.2, 0.25) is 0 Å². The molecule has 0 aliphatic rings. The molecule has 0 aliphatic carbocycles. The number of halogens is 1. The highest BCUT2D eigenvalue weighted by Gasteiger charge is 2.24. The number of hydrogen-bond donors (Lipinski definition) is 0. The van der Waals surface area contributed by atoms with E-state index in [1.165, 1.54) is 76.2 Å². The van der Waals surface area contributed by atoms with Gasteiger partial charge >= 0.3 is 0 Å². The average molecular weight is 727 g/mol. The Kier molecular flexibility index (Phi) is 18.4. The number of nitrogens with zero attached hydrogens (tertiary/aromatic N) is 2. The molecule has 3 aromatic rings. The molecule has 1 amide bonds. The van der Waals surface area contributed by atoms with Crippen LogP contribution in [-0.4, -0.2) is 17.4 Å². The van der Waals surface area contributed by atoms with Gasteiger partial charge < -0.3 is 33.6 Å². The van der Waals surface area contributed by atoms with Gasteiger partial charge in [0.25, 0.3) is 5.91 Å². The minimum absolute atomic E-state index is 0. The van der Waals surface area contributed by atoms with Gasteiger partial charge in [-0.2, -0.15) is 0 Å². The molecule has 248 valence electrons. The van der Waals surface area contributed by atoms with Crippen molar-refractivity contribution in [2.75, 3.05) is 6.61 Å². The summed E-state index contributed by atoms with van der Waals surface area (Å²) in [6, 6.07) is 22.3. The Balaban J connectivity index is 0.00000705. The molecule has 1 aromatic heterocycles. The lowest BCUT2D eigenvalue weighted by Crippen LogP contribution is -3.00. The number of aryl methyl sites for hydroxylation is 1. The van der Waals surface area contributed by atoms with Gasteiger partial charge in [0.05, 0.1) is 6.61 Å². The van der Waals surface area contributed by atoms with E-state index in [2.05, 4.69) is 69.6 Å². The Morgan fingerprint density at radius 3 is 1.93 bits per heavy atom. The van der Waals surface area contributed by atoms with E-state index < -0.39 is 0 Å². The zero-order valence-corrected chi connectivity index (χ0v) is 31.0. The Morgan fingerprint density at radius 2 is 1.33 bits per heavy atom. The van der Waals surface area contributed by atoms with E-state index in [0.29, 0.717) is 18.7 Å². The Morgan fingerprint density at radius 1 is 0.733 bits per heavy atom. The van der Waals surface area contributed by atoms with Gasteiger partial charge in [-0.3, -0.25) is 4.79 Å². The van der Waals surface area contributed by atoms with Crippen molar-refractivity contribution in [1.29, 1.82) is 0 Å². The number of ether oxygens (including phenoxy) is 1. The molecule has 0 spiro atoms. The molecule has 0 atom stereocenters. The van der Waals surface area contributed by atoms with Crippen molar-refractivity contribution in [3.05, 3.63) is 95.3 Å². The third-order valence-electron chi connectivity index (χ3n) is 8.52. The number of amides is 1. The summed E-state index contributed by atoms with van der Waals surface area (Å²) in [5.74, 6) is 1.01. The van der Waals surface area contributed by atoms with Crippen LogP contribution >= 0.6 is 0 Å². The van der Waals surface area contributed by atoms with Gasteiger partial charge in [-0.1, -0.05) is 129 Å². The van der Waals surface area contributed by atoms with Crippen LogP contribution < -0.4 is 33.3 Å². The maximum absolute atomic E-state index is 13.7. The quantitative estimate of drug-likeness (QED) is 0.0701. The van der Waals surface area contributed by atoms with Gasteiger partial charge in [0.2, 0.25) is 5.69 Å². The number of rotatable bonds is 20. The fourth-order valence-corrected chi connectivity index (χ4v) is 5.86. The molecule has 2 aromatic carbocycles. The van der Waals surface area contributed by atoms with E-state index in [1.807, 2.05) is 47.4 Å². The molecule has 0 fully saturated rings. The van der Waals surface area contributed by atoms with Gasteiger partial charge in [-0.15, -0.1) is 0 Å². The molecule has 5 heteroatoms. The number of carbonyl (C=O) groups excluding carboxylic acids is 1. The maximum atomic E-state index is 13.7. The van der Waals surface area contributed by atoms with Gasteiger partial charge in [0.1, 0.15) is 18.8 Å². The molecule has 0 saturated carbocycles. The summed E-state index contributed by atoms with van der Waals surface area (Å²) < 4.78 is 8.58. The highest BCUT2D eigenvalue weighted by Crippen LogP contribution is 2.33. The molecule has 0 radical (unpaired) electrons. The largest absolute Gasteiger partial charge is 1.00 e. The molecule has 0 saturated heterocycles. The molecule has 0 N–H and O–H groups in total. The molecule has 0 bridgehead atoms. The monoisotopic (exact) mass is 726 g/mol. The highest BCUT2D eigenvalue weighted by atomic mass is 127. The molecule has 4 nitrogen and oxygen atoms in total. The fraction of sp³-hybridized carbons (Fsp3) is 0.550. The minimum atomic E-state index is -0.0686. The molecule has 1 heterocycles. The van der Waals surface area contributed by atoms with Crippen molar-refractivity contribution < 1.29 is 38.1 Å². The number of benzene rings is 2. The van der Waals surface area contributed by atoms with E-state index in [4.69, 9.17) is 4.74 Å². The van der Waals surface area contributed by atoms with Crippen LogP contribution in [0.3, 0.4) is 0 Å². The highest BCUT2D eigenvalue weighted by molar-refractivity contribution is 5.94. The molecule has 0 aliphatic heterocycles. The number of hydrogen-bond acceptors (Lipinski definition) is 2. The minimum Gasteiger partial charge on any atom is -1.00 e. The van der Waals surface area contributed by atoms with E-state index in [-0.39, 0.29) is 35.3 Å². The topological polar surface area (TPSA) is 33.4 Å². The summed E-state index contributed by atoms with van der Waals surface area (Å²) in [4.78, 5) is 15.7. The fourth-order valence-electron chi connectivity index (χ4n) is 5.86. The first-order chi connectivity index (χ1) is 21.3. The van der Waals surface area contributed by atoms with Crippen LogP contribution in [-0.2, 0) is 25.0 Å². The summed E-state index contributed by atoms with van der Waals surface area (Å²) in [7, 11) is 0. The third kappa shape index (κ3) is 13.9. The number of carbonyl (C=O) groups is 1. The molecule has 45 heavy (non-hydrogen) atoms. The van der Waals surface area contributed by atoms with Crippen molar-refractivity contribution in [3.8, 4) is 5.75 Å². The second kappa shape index (κ2) is 21.4. The average Bonchev–Trinajstić information content (AvgIpc) is 3.03. The van der Waals surface area contributed by atoms with Crippen molar-refractivity contribution >= 4 is 5.91 Å². The number of pyridine rings is 1. The van der Waals surface area contributed by atoms with Gasteiger partial charge in [0, 0.05) is 24.2 Å². The summed E-state index contributed by atoms with van der Waals surface area (Å²) in [6.07, 6.45) is 18.2. The van der Waals surface area contributed by atoms with E-state index in [1.54, 1.807) is 0 Å². The normalized spacial score (nSPS) is 11.2. The summed E-state index contributed by atoms with van der Waals surface area (Å²) >= 11 is 0. The van der Waals surface area contributed by atoms with Crippen LogP contribution in [0.5, 0.6) is 5.75 Å². The predicted molar refractivity (Wildman–Crippen MR) is 184 cm³/mol. The Hall–Kier alpha value is -2.41. The van der Waals surface area contributed by atoms with Crippen molar-refractivity contribution in [2.45, 2.75) is 137 Å². The molecule has 3 rings (SSSR count). The first kappa shape index (κ1) is 38.8. The van der Waals surface area contributed by atoms with Crippen LogP contribution in [0.25, 0.3) is 0 Å². The third-order valence-corrected chi connectivity index (χ3v) is 8.52. The van der Waals surface area contributed by atoms with Crippen LogP contribution in [0.4, 0.5) is 0 Å². The van der Waals surface area contributed by atoms with Crippen LogP contribution in [0.15, 0.2) is 72.9 Å². The Bertz CT molecular complexity index is 1240. The first-order valence-electron chi connectivity index (χ1n) is 17.4. The lowest BCUT2D eigenvalue weighted by Gasteiger charge is -2.26. The molecular weight excluding hydrogens is 667 g/mol. The van der Waals surface area contributed by atoms with Crippen molar-refractivity contribution in [2.24, 2.45) is 0 Å². The zero-order chi connectivity index (χ0) is 31.6. The lowest BCUT2D eigenvalue weighted by atomic mass is 9.85. The Labute approximate surface area is 292 Å². The zero-order valence-electron chi connectivity index (χ0n) is 28.8. The van der Waals surface area contributed by atoms with Crippen LogP contribution in [0, 0.1) is 0 Å². The standard InChI is InChI=1S/C40H59N2O2.HI/c1-6-8-9-10-11-12-13-14-15-16-17-23-30-44-38-28-27-34(31-37(38)40(3,4)5)32-42(39(43)35-24-19-18-20-25-35)33-36-26-21-22-29-41(36)7-2;/h18-22,24-29,31H,6-17,23,30,32-33H2,1-5H3;1H/q+1;/p-1. The second-order valence-corrected chi connectivity index (χ2v) is 13.3. The van der Waals surface area contributed by atoms with Gasteiger partial charge in [-0.25, -0.2) is 4.57 Å². The SMILES string of the molecule is CCCCCCCCCCCCCCOc1ccc(CN(Cc2cccc[n+]2CC)C(=O)c2ccccc2)cc1C(C)(C)C.[I-]. The van der Waals surface area contributed by atoms with Crippen molar-refractivity contribution in [3.63, 3.8) is 0 Å². The first-order valence-corrected chi connectivity index (χ1v) is 17.4. The number of unbranched alkanes of at least 4 members (excludes halogenated alkanes) is 11. The van der Waals surface area contributed by atoms with E-state index in [0.717, 1.165) is 36.6 Å². The molecular formula is C40H59IN2O2. The summed E-state index contributed by atoms with van der Waals surface area (Å²) in [6.45, 7) is 13.8. The lowest BCUT2D eigenvalue weighted by molar-refractivity contribution is -0.701.